The van der Waals surface area contributed by atoms with Crippen molar-refractivity contribution >= 4 is 39.9 Å². The maximum Gasteiger partial charge on any atom is 0.226 e. The average molecular weight is 577 g/mol. The predicted molar refractivity (Wildman–Crippen MR) is 156 cm³/mol. The number of carbonyl (C=O) groups excluding carboxylic acids is 1. The van der Waals surface area contributed by atoms with Gasteiger partial charge in [-0.3, -0.25) is 4.79 Å². The lowest BCUT2D eigenvalue weighted by Crippen LogP contribution is -2.32. The summed E-state index contributed by atoms with van der Waals surface area (Å²) in [4.78, 5) is 15.1. The summed E-state index contributed by atoms with van der Waals surface area (Å²) >= 11 is 2.27. The van der Waals surface area contributed by atoms with Gasteiger partial charge in [0.2, 0.25) is 5.91 Å². The summed E-state index contributed by atoms with van der Waals surface area (Å²) in [5.74, 6) is 0.236. The maximum atomic E-state index is 13.1. The van der Waals surface area contributed by atoms with Gasteiger partial charge in [-0.15, -0.1) is 0 Å². The second kappa shape index (κ2) is 17.8. The van der Waals surface area contributed by atoms with E-state index in [2.05, 4.69) is 41.6 Å². The van der Waals surface area contributed by atoms with Crippen LogP contribution in [0.25, 0.3) is 0 Å². The van der Waals surface area contributed by atoms with Crippen LogP contribution in [0, 0.1) is 3.57 Å². The number of unbranched alkanes of at least 4 members (excludes halogenated alkanes) is 12. The molecule has 0 fully saturated rings. The molecule has 0 aliphatic carbocycles. The second-order valence-electron chi connectivity index (χ2n) is 9.48. The Bertz CT molecular complexity index is 809. The van der Waals surface area contributed by atoms with Gasteiger partial charge in [0.1, 0.15) is 0 Å². The molecular weight excluding hydrogens is 531 g/mol. The number of benzene rings is 2. The fourth-order valence-corrected chi connectivity index (χ4v) is 4.98. The molecule has 0 aromatic heterocycles. The van der Waals surface area contributed by atoms with Crippen molar-refractivity contribution in [2.24, 2.45) is 0 Å². The van der Waals surface area contributed by atoms with Crippen LogP contribution in [-0.4, -0.2) is 12.5 Å². The highest BCUT2D eigenvalue weighted by Crippen LogP contribution is 2.20. The number of para-hydroxylation sites is 1. The fourth-order valence-electron chi connectivity index (χ4n) is 4.40. The van der Waals surface area contributed by atoms with Crippen LogP contribution in [0.15, 0.2) is 48.5 Å². The van der Waals surface area contributed by atoms with E-state index >= 15 is 0 Å². The molecule has 2 aromatic rings. The minimum Gasteiger partial charge on any atom is -0.398 e. The zero-order chi connectivity index (χ0) is 24.4. The lowest BCUT2D eigenvalue weighted by Gasteiger charge is -2.23. The summed E-state index contributed by atoms with van der Waals surface area (Å²) in [6.07, 6.45) is 18.7. The van der Waals surface area contributed by atoms with E-state index in [-0.39, 0.29) is 5.91 Å². The molecule has 0 heterocycles. The van der Waals surface area contributed by atoms with Crippen LogP contribution >= 0.6 is 22.6 Å². The largest absolute Gasteiger partial charge is 0.398 e. The van der Waals surface area contributed by atoms with Crippen molar-refractivity contribution in [3.8, 4) is 0 Å². The molecule has 188 valence electrons. The molecule has 34 heavy (non-hydrogen) atoms. The van der Waals surface area contributed by atoms with Crippen LogP contribution in [0.3, 0.4) is 0 Å². The first kappa shape index (κ1) is 28.7. The first-order chi connectivity index (χ1) is 16.6. The molecule has 0 spiro atoms. The molecular formula is C30H45IN2O. The number of carbonyl (C=O) groups is 1. The van der Waals surface area contributed by atoms with Crippen molar-refractivity contribution in [3.05, 3.63) is 57.7 Å². The predicted octanol–water partition coefficient (Wildman–Crippen LogP) is 8.93. The zero-order valence-electron chi connectivity index (χ0n) is 21.2. The molecule has 1 amide bonds. The number of nitrogens with two attached hydrogens (primary N) is 1. The van der Waals surface area contributed by atoms with Gasteiger partial charge in [0, 0.05) is 27.9 Å². The van der Waals surface area contributed by atoms with Crippen molar-refractivity contribution in [2.45, 2.75) is 103 Å². The van der Waals surface area contributed by atoms with Crippen LogP contribution < -0.4 is 10.6 Å². The number of nitrogens with zero attached hydrogens (tertiary/aromatic N) is 1. The molecule has 4 heteroatoms. The minimum atomic E-state index is 0.236. The number of hydrogen-bond acceptors (Lipinski definition) is 2. The molecule has 0 saturated carbocycles. The average Bonchev–Trinajstić information content (AvgIpc) is 2.85. The summed E-state index contributed by atoms with van der Waals surface area (Å²) in [5.41, 5.74) is 8.97. The molecule has 2 aromatic carbocycles. The summed E-state index contributed by atoms with van der Waals surface area (Å²) < 4.78 is 1.07. The number of amides is 1. The molecule has 3 nitrogen and oxygen atoms in total. The first-order valence-corrected chi connectivity index (χ1v) is 14.6. The third-order valence-corrected chi connectivity index (χ3v) is 7.49. The second-order valence-corrected chi connectivity index (χ2v) is 10.6. The number of rotatable bonds is 18. The molecule has 0 atom stereocenters. The van der Waals surface area contributed by atoms with Gasteiger partial charge < -0.3 is 10.6 Å². The highest BCUT2D eigenvalue weighted by molar-refractivity contribution is 14.1. The van der Waals surface area contributed by atoms with E-state index in [0.29, 0.717) is 13.0 Å². The zero-order valence-corrected chi connectivity index (χ0v) is 23.4. The van der Waals surface area contributed by atoms with Gasteiger partial charge in [0.15, 0.2) is 0 Å². The van der Waals surface area contributed by atoms with Gasteiger partial charge >= 0.3 is 0 Å². The quantitative estimate of drug-likeness (QED) is 0.109. The normalized spacial score (nSPS) is 11.0. The van der Waals surface area contributed by atoms with Gasteiger partial charge in [-0.25, -0.2) is 0 Å². The van der Waals surface area contributed by atoms with Gasteiger partial charge in [-0.2, -0.15) is 0 Å². The first-order valence-electron chi connectivity index (χ1n) is 13.5. The topological polar surface area (TPSA) is 46.3 Å². The summed E-state index contributed by atoms with van der Waals surface area (Å²) in [6, 6.07) is 16.2. The Morgan fingerprint density at radius 1 is 0.794 bits per heavy atom. The van der Waals surface area contributed by atoms with E-state index in [9.17, 15) is 4.79 Å². The van der Waals surface area contributed by atoms with Gasteiger partial charge in [-0.1, -0.05) is 108 Å². The lowest BCUT2D eigenvalue weighted by molar-refractivity contribution is -0.118. The van der Waals surface area contributed by atoms with Gasteiger partial charge in [-0.05, 0) is 65.3 Å². The number of halogens is 1. The number of hydrogen-bond donors (Lipinski definition) is 1. The molecule has 2 rings (SSSR count). The fraction of sp³-hybridized carbons (Fsp3) is 0.567. The van der Waals surface area contributed by atoms with E-state index in [4.69, 9.17) is 5.73 Å². The Labute approximate surface area is 222 Å². The van der Waals surface area contributed by atoms with E-state index < -0.39 is 0 Å². The Balaban J connectivity index is 1.65. The van der Waals surface area contributed by atoms with Crippen LogP contribution in [-0.2, 0) is 11.2 Å². The SMILES string of the molecule is CCCCCCCCCCCCCCCC(=O)N(CCc1ccc(N)c(I)c1)c1ccccc1. The Morgan fingerprint density at radius 3 is 1.91 bits per heavy atom. The summed E-state index contributed by atoms with van der Waals surface area (Å²) in [7, 11) is 0. The van der Waals surface area contributed by atoms with Crippen molar-refractivity contribution in [1.29, 1.82) is 0 Å². The molecule has 0 unspecified atom stereocenters. The Kier molecular flexibility index (Phi) is 15.0. The molecule has 0 aliphatic heterocycles. The minimum absolute atomic E-state index is 0.236. The highest BCUT2D eigenvalue weighted by atomic mass is 127. The lowest BCUT2D eigenvalue weighted by atomic mass is 10.0. The Morgan fingerprint density at radius 2 is 1.35 bits per heavy atom. The molecule has 2 N–H and O–H groups in total. The standard InChI is InChI=1S/C30H45IN2O/c1-2-3-4-5-6-7-8-9-10-11-12-13-17-20-30(34)33(27-18-15-14-16-19-27)24-23-26-21-22-29(32)28(31)25-26/h14-16,18-19,21-22,25H,2-13,17,20,23-24,32H2,1H3. The maximum absolute atomic E-state index is 13.1. The summed E-state index contributed by atoms with van der Waals surface area (Å²) in [6.45, 7) is 2.97. The molecule has 0 saturated heterocycles. The third-order valence-electron chi connectivity index (χ3n) is 6.55. The van der Waals surface area contributed by atoms with Crippen molar-refractivity contribution in [3.63, 3.8) is 0 Å². The molecule has 0 radical (unpaired) electrons. The van der Waals surface area contributed by atoms with Crippen molar-refractivity contribution in [1.82, 2.24) is 0 Å². The monoisotopic (exact) mass is 576 g/mol. The van der Waals surface area contributed by atoms with Crippen LogP contribution in [0.4, 0.5) is 11.4 Å². The van der Waals surface area contributed by atoms with E-state index in [1.807, 2.05) is 41.3 Å². The van der Waals surface area contributed by atoms with Gasteiger partial charge in [0.25, 0.3) is 0 Å². The smallest absolute Gasteiger partial charge is 0.226 e. The van der Waals surface area contributed by atoms with Crippen LogP contribution in [0.5, 0.6) is 0 Å². The van der Waals surface area contributed by atoms with Crippen LogP contribution in [0.1, 0.15) is 102 Å². The van der Waals surface area contributed by atoms with E-state index in [0.717, 1.165) is 34.2 Å². The van der Waals surface area contributed by atoms with E-state index in [1.54, 1.807) is 0 Å². The van der Waals surface area contributed by atoms with E-state index in [1.165, 1.54) is 76.2 Å². The Hall–Kier alpha value is -1.56. The van der Waals surface area contributed by atoms with Gasteiger partial charge in [0.05, 0.1) is 0 Å². The third kappa shape index (κ3) is 11.7. The molecule has 0 aliphatic rings. The number of anilines is 2. The van der Waals surface area contributed by atoms with Crippen molar-refractivity contribution in [2.75, 3.05) is 17.2 Å². The summed E-state index contributed by atoms with van der Waals surface area (Å²) in [5, 5.41) is 0. The van der Waals surface area contributed by atoms with Crippen molar-refractivity contribution < 1.29 is 4.79 Å². The molecule has 0 bridgehead atoms. The van der Waals surface area contributed by atoms with Crippen LogP contribution in [0.2, 0.25) is 0 Å². The number of nitrogen functional groups attached to an aromatic ring is 1. The highest BCUT2D eigenvalue weighted by Gasteiger charge is 2.15.